The van der Waals surface area contributed by atoms with Gasteiger partial charge in [-0.05, 0) is 50.0 Å². The third-order valence-corrected chi connectivity index (χ3v) is 4.47. The fourth-order valence-electron chi connectivity index (χ4n) is 3.38. The lowest BCUT2D eigenvalue weighted by Gasteiger charge is -2.36. The SMILES string of the molecule is COC(=O)C1(c2ccc(O)cc2)CCCN(C)CC1C. The average molecular weight is 277 g/mol. The van der Waals surface area contributed by atoms with Crippen LogP contribution in [-0.2, 0) is 14.9 Å². The van der Waals surface area contributed by atoms with Crippen LogP contribution in [0.15, 0.2) is 24.3 Å². The molecule has 4 heteroatoms. The first-order chi connectivity index (χ1) is 9.50. The maximum atomic E-state index is 12.5. The average Bonchev–Trinajstić information content (AvgIpc) is 2.58. The quantitative estimate of drug-likeness (QED) is 0.842. The maximum absolute atomic E-state index is 12.5. The minimum absolute atomic E-state index is 0.159. The smallest absolute Gasteiger partial charge is 0.316 e. The van der Waals surface area contributed by atoms with E-state index in [4.69, 9.17) is 4.74 Å². The Hall–Kier alpha value is -1.55. The minimum Gasteiger partial charge on any atom is -0.508 e. The molecule has 20 heavy (non-hydrogen) atoms. The predicted molar refractivity (Wildman–Crippen MR) is 77.7 cm³/mol. The van der Waals surface area contributed by atoms with Crippen LogP contribution in [0.2, 0.25) is 0 Å². The van der Waals surface area contributed by atoms with Gasteiger partial charge in [0.15, 0.2) is 0 Å². The van der Waals surface area contributed by atoms with Gasteiger partial charge in [0.2, 0.25) is 0 Å². The number of phenolic OH excluding ortho intramolecular Hbond substituents is 1. The van der Waals surface area contributed by atoms with Crippen LogP contribution >= 0.6 is 0 Å². The number of carbonyl (C=O) groups is 1. The van der Waals surface area contributed by atoms with Gasteiger partial charge in [-0.25, -0.2) is 0 Å². The van der Waals surface area contributed by atoms with Gasteiger partial charge >= 0.3 is 5.97 Å². The molecule has 0 spiro atoms. The fraction of sp³-hybridized carbons (Fsp3) is 0.562. The van der Waals surface area contributed by atoms with Crippen molar-refractivity contribution >= 4 is 5.97 Å². The van der Waals surface area contributed by atoms with Crippen molar-refractivity contribution in [2.24, 2.45) is 5.92 Å². The van der Waals surface area contributed by atoms with E-state index in [0.717, 1.165) is 31.5 Å². The second-order valence-corrected chi connectivity index (χ2v) is 5.78. The summed E-state index contributed by atoms with van der Waals surface area (Å²) < 4.78 is 5.12. The Bertz CT molecular complexity index is 471. The number of aromatic hydroxyl groups is 1. The molecule has 0 aliphatic carbocycles. The number of methoxy groups -OCH3 is 1. The Kier molecular flexibility index (Phi) is 4.33. The lowest BCUT2D eigenvalue weighted by atomic mass is 9.68. The maximum Gasteiger partial charge on any atom is 0.316 e. The molecule has 1 aromatic rings. The van der Waals surface area contributed by atoms with Crippen LogP contribution in [0.1, 0.15) is 25.3 Å². The van der Waals surface area contributed by atoms with Gasteiger partial charge in [0.05, 0.1) is 12.5 Å². The first-order valence-electron chi connectivity index (χ1n) is 7.07. The van der Waals surface area contributed by atoms with Gasteiger partial charge < -0.3 is 14.7 Å². The number of rotatable bonds is 2. The van der Waals surface area contributed by atoms with E-state index >= 15 is 0 Å². The zero-order valence-electron chi connectivity index (χ0n) is 12.4. The molecule has 0 amide bonds. The Labute approximate surface area is 120 Å². The molecule has 1 aliphatic rings. The molecule has 1 aromatic carbocycles. The Balaban J connectivity index is 2.49. The molecule has 1 heterocycles. The number of carbonyl (C=O) groups excluding carboxylic acids is 1. The van der Waals surface area contributed by atoms with Gasteiger partial charge in [-0.3, -0.25) is 4.79 Å². The summed E-state index contributed by atoms with van der Waals surface area (Å²) in [7, 11) is 3.53. The summed E-state index contributed by atoms with van der Waals surface area (Å²) in [5, 5.41) is 9.47. The molecular formula is C16H23NO3. The van der Waals surface area contributed by atoms with Crippen molar-refractivity contribution in [3.8, 4) is 5.75 Å². The van der Waals surface area contributed by atoms with Gasteiger partial charge in [0.1, 0.15) is 5.75 Å². The van der Waals surface area contributed by atoms with E-state index in [2.05, 4.69) is 18.9 Å². The highest BCUT2D eigenvalue weighted by atomic mass is 16.5. The summed E-state index contributed by atoms with van der Waals surface area (Å²) in [6.45, 7) is 3.95. The van der Waals surface area contributed by atoms with Crippen molar-refractivity contribution in [3.05, 3.63) is 29.8 Å². The topological polar surface area (TPSA) is 49.8 Å². The van der Waals surface area contributed by atoms with Crippen LogP contribution in [0, 0.1) is 5.92 Å². The Morgan fingerprint density at radius 1 is 1.40 bits per heavy atom. The van der Waals surface area contributed by atoms with E-state index in [1.807, 2.05) is 12.1 Å². The normalized spacial score (nSPS) is 27.9. The van der Waals surface area contributed by atoms with E-state index in [9.17, 15) is 9.90 Å². The lowest BCUT2D eigenvalue weighted by molar-refractivity contribution is -0.150. The summed E-state index contributed by atoms with van der Waals surface area (Å²) in [5.74, 6) is 0.199. The van der Waals surface area contributed by atoms with Crippen molar-refractivity contribution in [1.29, 1.82) is 0 Å². The highest BCUT2D eigenvalue weighted by Gasteiger charge is 2.47. The largest absolute Gasteiger partial charge is 0.508 e. The lowest BCUT2D eigenvalue weighted by Crippen LogP contribution is -2.44. The van der Waals surface area contributed by atoms with Crippen LogP contribution in [0.4, 0.5) is 0 Å². The van der Waals surface area contributed by atoms with Crippen molar-refractivity contribution in [2.45, 2.75) is 25.2 Å². The number of benzene rings is 1. The highest BCUT2D eigenvalue weighted by molar-refractivity contribution is 5.83. The van der Waals surface area contributed by atoms with Gasteiger partial charge in [-0.1, -0.05) is 19.1 Å². The number of hydrogen-bond donors (Lipinski definition) is 1. The monoisotopic (exact) mass is 277 g/mol. The van der Waals surface area contributed by atoms with Gasteiger partial charge in [0.25, 0.3) is 0 Å². The van der Waals surface area contributed by atoms with Gasteiger partial charge in [-0.15, -0.1) is 0 Å². The molecule has 2 rings (SSSR count). The first kappa shape index (κ1) is 14.9. The zero-order chi connectivity index (χ0) is 14.8. The standard InChI is InChI=1S/C16H23NO3/c1-12-11-17(2)10-4-9-16(12,15(19)20-3)13-5-7-14(18)8-6-13/h5-8,12,18H,4,9-11H2,1-3H3. The van der Waals surface area contributed by atoms with Crippen molar-refractivity contribution in [3.63, 3.8) is 0 Å². The molecule has 0 bridgehead atoms. The van der Waals surface area contributed by atoms with E-state index in [1.54, 1.807) is 12.1 Å². The first-order valence-corrected chi connectivity index (χ1v) is 7.07. The van der Waals surface area contributed by atoms with E-state index < -0.39 is 5.41 Å². The Morgan fingerprint density at radius 2 is 2.05 bits per heavy atom. The summed E-state index contributed by atoms with van der Waals surface area (Å²) >= 11 is 0. The molecule has 1 N–H and O–H groups in total. The number of esters is 1. The van der Waals surface area contributed by atoms with Crippen LogP contribution < -0.4 is 0 Å². The van der Waals surface area contributed by atoms with Crippen LogP contribution in [0.25, 0.3) is 0 Å². The van der Waals surface area contributed by atoms with Crippen molar-refractivity contribution < 1.29 is 14.6 Å². The minimum atomic E-state index is -0.618. The number of hydrogen-bond acceptors (Lipinski definition) is 4. The second-order valence-electron chi connectivity index (χ2n) is 5.78. The predicted octanol–water partition coefficient (Wildman–Crippen LogP) is 2.16. The molecule has 0 radical (unpaired) electrons. The Morgan fingerprint density at radius 3 is 2.65 bits per heavy atom. The number of likely N-dealkylation sites (tertiary alicyclic amines) is 1. The van der Waals surface area contributed by atoms with Crippen LogP contribution in [-0.4, -0.2) is 43.2 Å². The molecule has 4 nitrogen and oxygen atoms in total. The second kappa shape index (κ2) is 5.83. The molecule has 1 fully saturated rings. The van der Waals surface area contributed by atoms with Crippen LogP contribution in [0.3, 0.4) is 0 Å². The highest BCUT2D eigenvalue weighted by Crippen LogP contribution is 2.41. The van der Waals surface area contributed by atoms with E-state index in [1.165, 1.54) is 7.11 Å². The van der Waals surface area contributed by atoms with E-state index in [0.29, 0.717) is 0 Å². The zero-order valence-corrected chi connectivity index (χ0v) is 12.4. The molecule has 0 aromatic heterocycles. The molecular weight excluding hydrogens is 254 g/mol. The molecule has 2 unspecified atom stereocenters. The molecule has 1 saturated heterocycles. The number of ether oxygens (including phenoxy) is 1. The van der Waals surface area contributed by atoms with Crippen molar-refractivity contribution in [2.75, 3.05) is 27.2 Å². The van der Waals surface area contributed by atoms with Gasteiger partial charge in [0, 0.05) is 6.54 Å². The fourth-order valence-corrected chi connectivity index (χ4v) is 3.38. The summed E-state index contributed by atoms with van der Waals surface area (Å²) in [6.07, 6.45) is 1.73. The van der Waals surface area contributed by atoms with Gasteiger partial charge in [-0.2, -0.15) is 0 Å². The summed E-state index contributed by atoms with van der Waals surface area (Å²) in [5.41, 5.74) is 0.317. The number of phenols is 1. The molecule has 2 atom stereocenters. The summed E-state index contributed by atoms with van der Waals surface area (Å²) in [4.78, 5) is 14.8. The third kappa shape index (κ3) is 2.52. The number of nitrogens with zero attached hydrogens (tertiary/aromatic N) is 1. The van der Waals surface area contributed by atoms with E-state index in [-0.39, 0.29) is 17.6 Å². The molecule has 0 saturated carbocycles. The molecule has 1 aliphatic heterocycles. The summed E-state index contributed by atoms with van der Waals surface area (Å²) in [6, 6.07) is 6.96. The molecule has 110 valence electrons. The van der Waals surface area contributed by atoms with Crippen LogP contribution in [0.5, 0.6) is 5.75 Å². The van der Waals surface area contributed by atoms with Crippen molar-refractivity contribution in [1.82, 2.24) is 4.90 Å². The third-order valence-electron chi connectivity index (χ3n) is 4.47.